The van der Waals surface area contributed by atoms with Crippen molar-refractivity contribution in [3.8, 4) is 17.0 Å². The maximum absolute atomic E-state index is 5.76. The van der Waals surface area contributed by atoms with Crippen LogP contribution in [-0.2, 0) is 0 Å². The molecule has 4 heteroatoms. The van der Waals surface area contributed by atoms with Crippen molar-refractivity contribution in [2.45, 2.75) is 26.4 Å². The fourth-order valence-corrected chi connectivity index (χ4v) is 1.58. The minimum atomic E-state index is -0.194. The Kier molecular flexibility index (Phi) is 3.19. The third-order valence-corrected chi connectivity index (χ3v) is 2.25. The maximum atomic E-state index is 5.76. The van der Waals surface area contributed by atoms with Crippen molar-refractivity contribution in [3.63, 3.8) is 0 Å². The molecule has 0 atom stereocenters. The van der Waals surface area contributed by atoms with Gasteiger partial charge in [0.15, 0.2) is 0 Å². The molecule has 0 bridgehead atoms. The van der Waals surface area contributed by atoms with Crippen LogP contribution in [0.5, 0.6) is 5.75 Å². The van der Waals surface area contributed by atoms with Gasteiger partial charge in [-0.15, -0.1) is 0 Å². The summed E-state index contributed by atoms with van der Waals surface area (Å²) in [6.45, 7) is 6.06. The Morgan fingerprint density at radius 1 is 1.06 bits per heavy atom. The summed E-state index contributed by atoms with van der Waals surface area (Å²) in [6.07, 6.45) is 1.65. The average molecular weight is 243 g/mol. The molecular formula is C14H17N3O. The lowest BCUT2D eigenvalue weighted by Crippen LogP contribution is -2.22. The third-order valence-electron chi connectivity index (χ3n) is 2.25. The Bertz CT molecular complexity index is 529. The number of nitrogens with two attached hydrogens (primary N) is 1. The van der Waals surface area contributed by atoms with Crippen LogP contribution in [0.15, 0.2) is 36.5 Å². The Hall–Kier alpha value is -2.10. The number of benzene rings is 1. The highest BCUT2D eigenvalue weighted by atomic mass is 16.5. The van der Waals surface area contributed by atoms with E-state index < -0.39 is 0 Å². The van der Waals surface area contributed by atoms with Gasteiger partial charge in [-0.25, -0.2) is 9.97 Å². The minimum Gasteiger partial charge on any atom is -0.488 e. The van der Waals surface area contributed by atoms with Crippen LogP contribution >= 0.6 is 0 Å². The van der Waals surface area contributed by atoms with Crippen molar-refractivity contribution in [1.82, 2.24) is 9.97 Å². The fourth-order valence-electron chi connectivity index (χ4n) is 1.58. The second-order valence-corrected chi connectivity index (χ2v) is 5.04. The number of aromatic nitrogens is 2. The van der Waals surface area contributed by atoms with Crippen LogP contribution in [0.4, 0.5) is 5.95 Å². The van der Waals surface area contributed by atoms with Gasteiger partial charge in [-0.2, -0.15) is 0 Å². The molecule has 0 radical (unpaired) electrons. The van der Waals surface area contributed by atoms with Gasteiger partial charge in [-0.05, 0) is 51.1 Å². The zero-order valence-corrected chi connectivity index (χ0v) is 10.8. The summed E-state index contributed by atoms with van der Waals surface area (Å²) in [5.41, 5.74) is 7.17. The van der Waals surface area contributed by atoms with Crippen molar-refractivity contribution >= 4 is 5.95 Å². The SMILES string of the molecule is CC(C)(C)Oc1ccc(-c2ccnc(N)n2)cc1. The molecule has 0 unspecified atom stereocenters. The highest BCUT2D eigenvalue weighted by Gasteiger charge is 2.11. The van der Waals surface area contributed by atoms with Gasteiger partial charge < -0.3 is 10.5 Å². The molecule has 94 valence electrons. The first-order valence-electron chi connectivity index (χ1n) is 5.82. The van der Waals surface area contributed by atoms with Gasteiger partial charge in [-0.3, -0.25) is 0 Å². The minimum absolute atomic E-state index is 0.194. The first-order chi connectivity index (χ1) is 8.44. The summed E-state index contributed by atoms with van der Waals surface area (Å²) in [5.74, 6) is 1.12. The van der Waals surface area contributed by atoms with E-state index in [2.05, 4.69) is 9.97 Å². The van der Waals surface area contributed by atoms with Gasteiger partial charge in [0.05, 0.1) is 5.69 Å². The lowest BCUT2D eigenvalue weighted by Gasteiger charge is -2.21. The van der Waals surface area contributed by atoms with Crippen molar-refractivity contribution in [1.29, 1.82) is 0 Å². The van der Waals surface area contributed by atoms with Gasteiger partial charge in [0, 0.05) is 11.8 Å². The Balaban J connectivity index is 2.22. The number of hydrogen-bond acceptors (Lipinski definition) is 4. The van der Waals surface area contributed by atoms with Crippen LogP contribution in [0, 0.1) is 0 Å². The Labute approximate surface area is 107 Å². The summed E-state index contributed by atoms with van der Waals surface area (Å²) in [5, 5.41) is 0. The number of nitrogen functional groups attached to an aromatic ring is 1. The van der Waals surface area contributed by atoms with Crippen molar-refractivity contribution < 1.29 is 4.74 Å². The summed E-state index contributed by atoms with van der Waals surface area (Å²) in [6, 6.07) is 9.61. The largest absolute Gasteiger partial charge is 0.488 e. The fraction of sp³-hybridized carbons (Fsp3) is 0.286. The van der Waals surface area contributed by atoms with E-state index in [0.29, 0.717) is 0 Å². The molecule has 0 spiro atoms. The van der Waals surface area contributed by atoms with E-state index in [-0.39, 0.29) is 11.5 Å². The monoisotopic (exact) mass is 243 g/mol. The third kappa shape index (κ3) is 3.20. The molecule has 4 nitrogen and oxygen atoms in total. The summed E-state index contributed by atoms with van der Waals surface area (Å²) in [4.78, 5) is 8.05. The van der Waals surface area contributed by atoms with E-state index in [4.69, 9.17) is 10.5 Å². The van der Waals surface area contributed by atoms with Crippen molar-refractivity contribution in [2.75, 3.05) is 5.73 Å². The van der Waals surface area contributed by atoms with E-state index in [0.717, 1.165) is 17.0 Å². The van der Waals surface area contributed by atoms with Gasteiger partial charge >= 0.3 is 0 Å². The molecular weight excluding hydrogens is 226 g/mol. The van der Waals surface area contributed by atoms with Crippen LogP contribution in [-0.4, -0.2) is 15.6 Å². The molecule has 18 heavy (non-hydrogen) atoms. The number of nitrogens with zero attached hydrogens (tertiary/aromatic N) is 2. The molecule has 0 aliphatic carbocycles. The lowest BCUT2D eigenvalue weighted by atomic mass is 10.1. The van der Waals surface area contributed by atoms with Gasteiger partial charge in [0.1, 0.15) is 11.4 Å². The highest BCUT2D eigenvalue weighted by Crippen LogP contribution is 2.23. The van der Waals surface area contributed by atoms with Crippen LogP contribution in [0.1, 0.15) is 20.8 Å². The van der Waals surface area contributed by atoms with E-state index >= 15 is 0 Å². The van der Waals surface area contributed by atoms with Crippen LogP contribution in [0.2, 0.25) is 0 Å². The summed E-state index contributed by atoms with van der Waals surface area (Å²) >= 11 is 0. The topological polar surface area (TPSA) is 61.0 Å². The maximum Gasteiger partial charge on any atom is 0.220 e. The molecule has 2 rings (SSSR count). The zero-order valence-electron chi connectivity index (χ0n) is 10.8. The lowest BCUT2D eigenvalue weighted by molar-refractivity contribution is 0.131. The van der Waals surface area contributed by atoms with Gasteiger partial charge in [0.25, 0.3) is 0 Å². The predicted octanol–water partition coefficient (Wildman–Crippen LogP) is 2.90. The second-order valence-electron chi connectivity index (χ2n) is 5.04. The molecule has 0 saturated heterocycles. The van der Waals surface area contributed by atoms with E-state index in [1.54, 1.807) is 6.20 Å². The average Bonchev–Trinajstić information content (AvgIpc) is 2.28. The van der Waals surface area contributed by atoms with E-state index in [1.807, 2.05) is 51.1 Å². The Morgan fingerprint density at radius 2 is 1.72 bits per heavy atom. The van der Waals surface area contributed by atoms with Crippen molar-refractivity contribution in [2.24, 2.45) is 0 Å². The molecule has 2 aromatic rings. The van der Waals surface area contributed by atoms with Crippen molar-refractivity contribution in [3.05, 3.63) is 36.5 Å². The normalized spacial score (nSPS) is 11.3. The molecule has 0 saturated carbocycles. The number of hydrogen-bond donors (Lipinski definition) is 1. The van der Waals surface area contributed by atoms with E-state index in [9.17, 15) is 0 Å². The van der Waals surface area contributed by atoms with Gasteiger partial charge in [0.2, 0.25) is 5.95 Å². The predicted molar refractivity (Wildman–Crippen MR) is 72.3 cm³/mol. The molecule has 0 aliphatic heterocycles. The molecule has 0 fully saturated rings. The van der Waals surface area contributed by atoms with Gasteiger partial charge in [-0.1, -0.05) is 0 Å². The smallest absolute Gasteiger partial charge is 0.220 e. The molecule has 0 aliphatic rings. The van der Waals surface area contributed by atoms with E-state index in [1.165, 1.54) is 0 Å². The molecule has 1 heterocycles. The standard InChI is InChI=1S/C14H17N3O/c1-14(2,3)18-11-6-4-10(5-7-11)12-8-9-16-13(15)17-12/h4-9H,1-3H3,(H2,15,16,17). The second kappa shape index (κ2) is 4.64. The van der Waals surface area contributed by atoms with Crippen LogP contribution in [0.25, 0.3) is 11.3 Å². The zero-order chi connectivity index (χ0) is 13.2. The molecule has 0 amide bonds. The van der Waals surface area contributed by atoms with Crippen LogP contribution in [0.3, 0.4) is 0 Å². The number of anilines is 1. The molecule has 2 N–H and O–H groups in total. The summed E-state index contributed by atoms with van der Waals surface area (Å²) in [7, 11) is 0. The number of rotatable bonds is 2. The highest BCUT2D eigenvalue weighted by molar-refractivity contribution is 5.60. The first kappa shape index (κ1) is 12.4. The number of ether oxygens (including phenoxy) is 1. The molecule has 1 aromatic heterocycles. The Morgan fingerprint density at radius 3 is 2.28 bits per heavy atom. The first-order valence-corrected chi connectivity index (χ1v) is 5.82. The quantitative estimate of drug-likeness (QED) is 0.881. The summed E-state index contributed by atoms with van der Waals surface area (Å²) < 4.78 is 5.76. The molecule has 1 aromatic carbocycles. The van der Waals surface area contributed by atoms with Crippen LogP contribution < -0.4 is 10.5 Å².